The number of allylic oxidation sites excluding steroid dienone is 1. The fourth-order valence-electron chi connectivity index (χ4n) is 10.1. The van der Waals surface area contributed by atoms with Crippen molar-refractivity contribution in [3.63, 3.8) is 0 Å². The average Bonchev–Trinajstić information content (AvgIpc) is 3.39. The van der Waals surface area contributed by atoms with E-state index in [1.54, 1.807) is 13.0 Å². The van der Waals surface area contributed by atoms with Crippen molar-refractivity contribution in [2.24, 2.45) is 22.7 Å². The van der Waals surface area contributed by atoms with Gasteiger partial charge in [0, 0.05) is 42.7 Å². The molecular formula is C40H53F5N2O7. The average molecular weight is 769 g/mol. The summed E-state index contributed by atoms with van der Waals surface area (Å²) in [5.41, 5.74) is -3.07. The van der Waals surface area contributed by atoms with Crippen LogP contribution in [-0.2, 0) is 19.0 Å². The molecule has 1 aromatic carbocycles. The maximum absolute atomic E-state index is 15.1. The molecule has 0 aromatic heterocycles. The Labute approximate surface area is 313 Å². The highest BCUT2D eigenvalue weighted by atomic mass is 19.4. The standard InChI is InChI=1S/C40H53F5N2O7/c1-5-52-31(48)15-20-47-33(49)46-19-6-7-25-8-10-26(11-9-25)29-21-37(53-23-34(2,3)24-54-37)22-36(50)17-13-27-28(32(29)36)12-16-35(4)30(27)14-18-38(35,51)39(41,42)40(43,44)45/h6-11,27,29-30,50-51H,5,12-24H2,1-4H3,(H2,46,47,49)/b7-6+/t27-,29?,30+,35+,36-,38+/m1/s1. The summed E-state index contributed by atoms with van der Waals surface area (Å²) in [6.07, 6.45) is -1.48. The van der Waals surface area contributed by atoms with Crippen LogP contribution >= 0.6 is 0 Å². The first-order chi connectivity index (χ1) is 25.2. The number of benzene rings is 1. The molecule has 1 heterocycles. The zero-order valence-corrected chi connectivity index (χ0v) is 31.4. The Morgan fingerprint density at radius 3 is 2.31 bits per heavy atom. The molecule has 54 heavy (non-hydrogen) atoms. The van der Waals surface area contributed by atoms with Gasteiger partial charge in [0.05, 0.1) is 31.8 Å². The summed E-state index contributed by atoms with van der Waals surface area (Å²) in [5, 5.41) is 29.2. The number of hydrogen-bond acceptors (Lipinski definition) is 7. The number of nitrogens with one attached hydrogen (secondary N) is 2. The first-order valence-corrected chi connectivity index (χ1v) is 19.0. The number of carbonyl (C=O) groups is 2. The molecule has 1 unspecified atom stereocenters. The molecule has 2 amide bonds. The van der Waals surface area contributed by atoms with E-state index in [1.165, 1.54) is 6.92 Å². The molecule has 1 saturated heterocycles. The molecular weight excluding hydrogens is 715 g/mol. The predicted octanol–water partition coefficient (Wildman–Crippen LogP) is 7.18. The van der Waals surface area contributed by atoms with Gasteiger partial charge in [-0.2, -0.15) is 22.0 Å². The molecule has 300 valence electrons. The maximum atomic E-state index is 15.1. The molecule has 0 bridgehead atoms. The quantitative estimate of drug-likeness (QED) is 0.119. The van der Waals surface area contributed by atoms with Gasteiger partial charge in [0.2, 0.25) is 0 Å². The number of fused-ring (bicyclic) bond motifs is 4. The van der Waals surface area contributed by atoms with Gasteiger partial charge in [-0.25, -0.2) is 4.79 Å². The van der Waals surface area contributed by atoms with E-state index >= 15 is 8.78 Å². The Kier molecular flexibility index (Phi) is 10.9. The summed E-state index contributed by atoms with van der Waals surface area (Å²) >= 11 is 0. The smallest absolute Gasteiger partial charge is 0.456 e. The molecule has 1 spiro atoms. The molecule has 5 aliphatic rings. The maximum Gasteiger partial charge on any atom is 0.456 e. The largest absolute Gasteiger partial charge is 0.466 e. The lowest BCUT2D eigenvalue weighted by molar-refractivity contribution is -0.362. The Hall–Kier alpha value is -3.07. The van der Waals surface area contributed by atoms with Crippen molar-refractivity contribution in [1.82, 2.24) is 10.6 Å². The van der Waals surface area contributed by atoms with E-state index in [0.717, 1.165) is 22.3 Å². The number of esters is 1. The highest BCUT2D eigenvalue weighted by Gasteiger charge is 2.78. The number of amides is 2. The minimum atomic E-state index is -5.89. The van der Waals surface area contributed by atoms with E-state index < -0.39 is 58.8 Å². The second-order valence-electron chi connectivity index (χ2n) is 17.0. The van der Waals surface area contributed by atoms with Gasteiger partial charge in [-0.15, -0.1) is 0 Å². The van der Waals surface area contributed by atoms with Crippen molar-refractivity contribution in [1.29, 1.82) is 0 Å². The van der Waals surface area contributed by atoms with Crippen LogP contribution in [0.4, 0.5) is 26.7 Å². The van der Waals surface area contributed by atoms with Crippen molar-refractivity contribution in [3.05, 3.63) is 52.6 Å². The summed E-state index contributed by atoms with van der Waals surface area (Å²) < 4.78 is 89.2. The molecule has 6 rings (SSSR count). The molecule has 4 aliphatic carbocycles. The van der Waals surface area contributed by atoms with Crippen LogP contribution in [0.3, 0.4) is 0 Å². The van der Waals surface area contributed by atoms with Gasteiger partial charge in [-0.3, -0.25) is 4.79 Å². The molecule has 0 radical (unpaired) electrons. The summed E-state index contributed by atoms with van der Waals surface area (Å²) in [6, 6.07) is 7.31. The topological polar surface area (TPSA) is 126 Å². The van der Waals surface area contributed by atoms with Gasteiger partial charge in [0.25, 0.3) is 0 Å². The van der Waals surface area contributed by atoms with Crippen LogP contribution in [-0.4, -0.2) is 84.2 Å². The number of halogens is 5. The van der Waals surface area contributed by atoms with Crippen LogP contribution in [0.2, 0.25) is 0 Å². The Bertz CT molecular complexity index is 1640. The van der Waals surface area contributed by atoms with Gasteiger partial charge in [0.1, 0.15) is 5.60 Å². The summed E-state index contributed by atoms with van der Waals surface area (Å²) in [4.78, 5) is 23.5. The number of carbonyl (C=O) groups excluding carboxylic acids is 2. The molecule has 3 saturated carbocycles. The summed E-state index contributed by atoms with van der Waals surface area (Å²) in [7, 11) is 0. The Morgan fingerprint density at radius 1 is 0.981 bits per heavy atom. The van der Waals surface area contributed by atoms with E-state index in [0.29, 0.717) is 26.1 Å². The number of aliphatic hydroxyl groups is 2. The molecule has 4 N–H and O–H groups in total. The number of hydrogen-bond donors (Lipinski definition) is 4. The highest BCUT2D eigenvalue weighted by molar-refractivity contribution is 5.75. The van der Waals surface area contributed by atoms with E-state index in [9.17, 15) is 33.0 Å². The number of rotatable bonds is 9. The second kappa shape index (κ2) is 14.5. The zero-order valence-electron chi connectivity index (χ0n) is 31.4. The number of urea groups is 1. The molecule has 14 heteroatoms. The molecule has 4 fully saturated rings. The molecule has 1 aromatic rings. The number of alkyl halides is 5. The monoisotopic (exact) mass is 768 g/mol. The van der Waals surface area contributed by atoms with Gasteiger partial charge in [-0.1, -0.05) is 62.8 Å². The lowest BCUT2D eigenvalue weighted by Gasteiger charge is -2.59. The van der Waals surface area contributed by atoms with E-state index in [-0.39, 0.29) is 75.5 Å². The predicted molar refractivity (Wildman–Crippen MR) is 189 cm³/mol. The lowest BCUT2D eigenvalue weighted by atomic mass is 9.51. The van der Waals surface area contributed by atoms with Crippen LogP contribution in [0, 0.1) is 22.7 Å². The van der Waals surface area contributed by atoms with E-state index in [4.69, 9.17) is 14.2 Å². The van der Waals surface area contributed by atoms with Crippen LogP contribution in [0.5, 0.6) is 0 Å². The van der Waals surface area contributed by atoms with Gasteiger partial charge < -0.3 is 35.1 Å². The first kappa shape index (κ1) is 40.6. The lowest BCUT2D eigenvalue weighted by Crippen LogP contribution is -2.65. The summed E-state index contributed by atoms with van der Waals surface area (Å²) in [6.45, 7) is 8.70. The zero-order chi connectivity index (χ0) is 39.4. The van der Waals surface area contributed by atoms with Crippen molar-refractivity contribution in [2.45, 2.75) is 120 Å². The van der Waals surface area contributed by atoms with Crippen LogP contribution in [0.15, 0.2) is 41.5 Å². The van der Waals surface area contributed by atoms with Gasteiger partial charge in [0.15, 0.2) is 5.79 Å². The van der Waals surface area contributed by atoms with Crippen molar-refractivity contribution < 1.29 is 56.0 Å². The molecule has 1 aliphatic heterocycles. The Balaban J connectivity index is 1.25. The van der Waals surface area contributed by atoms with Crippen molar-refractivity contribution in [3.8, 4) is 0 Å². The first-order valence-electron chi connectivity index (χ1n) is 19.0. The highest BCUT2D eigenvalue weighted by Crippen LogP contribution is 2.70. The molecule has 9 nitrogen and oxygen atoms in total. The van der Waals surface area contributed by atoms with Crippen LogP contribution in [0.1, 0.15) is 103 Å². The minimum Gasteiger partial charge on any atom is -0.466 e. The number of ether oxygens (including phenoxy) is 3. The van der Waals surface area contributed by atoms with Crippen molar-refractivity contribution >= 4 is 18.1 Å². The van der Waals surface area contributed by atoms with Crippen LogP contribution < -0.4 is 10.6 Å². The van der Waals surface area contributed by atoms with Crippen LogP contribution in [0.25, 0.3) is 6.08 Å². The SMILES string of the molecule is CCOC(=O)CCNC(=O)NC/C=C/c1ccc(C2CC3(C[C@]4(O)CC[C@@H]5C(=C24)CC[C@@]2(C)[C@H]5CC[C@@]2(O)C(F)(F)C(F)(F)F)OCC(C)(C)CO3)cc1. The third-order valence-electron chi connectivity index (χ3n) is 12.8. The van der Waals surface area contributed by atoms with E-state index in [1.807, 2.05) is 44.2 Å². The third kappa shape index (κ3) is 7.20. The van der Waals surface area contributed by atoms with Gasteiger partial charge >= 0.3 is 24.1 Å². The normalized spacial score (nSPS) is 33.2. The fourth-order valence-corrected chi connectivity index (χ4v) is 10.1. The van der Waals surface area contributed by atoms with Gasteiger partial charge in [-0.05, 0) is 74.0 Å². The minimum absolute atomic E-state index is 0.0274. The fraction of sp³-hybridized carbons (Fsp3) is 0.700. The summed E-state index contributed by atoms with van der Waals surface area (Å²) in [5.74, 6) is -8.09. The molecule has 6 atom stereocenters. The third-order valence-corrected chi connectivity index (χ3v) is 12.8. The van der Waals surface area contributed by atoms with E-state index in [2.05, 4.69) is 10.6 Å². The Morgan fingerprint density at radius 2 is 1.67 bits per heavy atom. The van der Waals surface area contributed by atoms with Crippen molar-refractivity contribution in [2.75, 3.05) is 32.9 Å². The second-order valence-corrected chi connectivity index (χ2v) is 17.0.